The van der Waals surface area contributed by atoms with Gasteiger partial charge in [0, 0.05) is 39.0 Å². The fraction of sp³-hybridized carbons (Fsp3) is 0.786. The summed E-state index contributed by atoms with van der Waals surface area (Å²) in [6, 6.07) is 0. The summed E-state index contributed by atoms with van der Waals surface area (Å²) < 4.78 is 0. The lowest BCUT2D eigenvalue weighted by atomic mass is 10.4. The van der Waals surface area contributed by atoms with Gasteiger partial charge in [0.2, 0.25) is 17.8 Å². The van der Waals surface area contributed by atoms with E-state index in [-0.39, 0.29) is 0 Å². The third-order valence-corrected chi connectivity index (χ3v) is 4.10. The van der Waals surface area contributed by atoms with Gasteiger partial charge in [-0.3, -0.25) is 0 Å². The number of hydrogen-bond acceptors (Lipinski definition) is 7. The topological polar surface area (TPSA) is 57.2 Å². The molecule has 0 aromatic carbocycles. The molecule has 7 heteroatoms. The van der Waals surface area contributed by atoms with Crippen molar-refractivity contribution in [3.8, 4) is 0 Å². The Labute approximate surface area is 131 Å². The Morgan fingerprint density at radius 1 is 1.24 bits per heavy atom. The molecule has 1 saturated heterocycles. The minimum Gasteiger partial charge on any atom is -0.354 e. The molecule has 0 atom stereocenters. The van der Waals surface area contributed by atoms with Gasteiger partial charge < -0.3 is 15.1 Å². The molecule has 1 aromatic heterocycles. The molecule has 0 saturated carbocycles. The van der Waals surface area contributed by atoms with E-state index in [9.17, 15) is 0 Å². The lowest BCUT2D eigenvalue weighted by Crippen LogP contribution is -2.27. The van der Waals surface area contributed by atoms with Crippen molar-refractivity contribution in [1.82, 2.24) is 15.0 Å². The molecule has 0 unspecified atom stereocenters. The molecule has 6 nitrogen and oxygen atoms in total. The van der Waals surface area contributed by atoms with Gasteiger partial charge in [-0.15, -0.1) is 0 Å². The molecule has 1 N–H and O–H groups in total. The smallest absolute Gasteiger partial charge is 0.231 e. The summed E-state index contributed by atoms with van der Waals surface area (Å²) in [5.74, 6) is 3.34. The second-order valence-corrected chi connectivity index (χ2v) is 6.28. The van der Waals surface area contributed by atoms with Crippen LogP contribution >= 0.6 is 11.8 Å². The minimum atomic E-state index is 0.694. The Hall–Kier alpha value is -1.24. The third-order valence-electron chi connectivity index (χ3n) is 3.51. The average molecular weight is 310 g/mol. The van der Waals surface area contributed by atoms with Gasteiger partial charge in [0.05, 0.1) is 0 Å². The zero-order chi connectivity index (χ0) is 15.1. The van der Waals surface area contributed by atoms with E-state index in [0.717, 1.165) is 50.2 Å². The molecule has 2 rings (SSSR count). The molecule has 0 aliphatic carbocycles. The van der Waals surface area contributed by atoms with Crippen molar-refractivity contribution in [3.05, 3.63) is 0 Å². The quantitative estimate of drug-likeness (QED) is 0.789. The largest absolute Gasteiger partial charge is 0.354 e. The van der Waals surface area contributed by atoms with E-state index >= 15 is 0 Å². The molecule has 0 radical (unpaired) electrons. The maximum Gasteiger partial charge on any atom is 0.231 e. The molecular formula is C14H26N6S. The van der Waals surface area contributed by atoms with E-state index in [2.05, 4.69) is 43.2 Å². The highest BCUT2D eigenvalue weighted by atomic mass is 32.2. The summed E-state index contributed by atoms with van der Waals surface area (Å²) in [5.41, 5.74) is 0. The highest BCUT2D eigenvalue weighted by Gasteiger charge is 2.18. The Bertz CT molecular complexity index is 435. The van der Waals surface area contributed by atoms with Crippen LogP contribution in [0.2, 0.25) is 0 Å². The Morgan fingerprint density at radius 2 is 2.00 bits per heavy atom. The van der Waals surface area contributed by atoms with Crippen LogP contribution in [-0.4, -0.2) is 60.2 Å². The standard InChI is InChI=1S/C14H26N6S/c1-4-7-15-12-16-13(19(2)10-11-21-3)18-14(17-12)20-8-5-6-9-20/h4-11H2,1-3H3,(H,15,16,17,18). The lowest BCUT2D eigenvalue weighted by Gasteiger charge is -2.21. The normalized spacial score (nSPS) is 14.5. The van der Waals surface area contributed by atoms with Gasteiger partial charge in [-0.2, -0.15) is 26.7 Å². The number of rotatable bonds is 8. The highest BCUT2D eigenvalue weighted by Crippen LogP contribution is 2.20. The first kappa shape index (κ1) is 16.1. The molecule has 118 valence electrons. The number of hydrogen-bond donors (Lipinski definition) is 1. The summed E-state index contributed by atoms with van der Waals surface area (Å²) in [6.07, 6.45) is 5.62. The Kier molecular flexibility index (Phi) is 6.35. The van der Waals surface area contributed by atoms with Crippen molar-refractivity contribution in [1.29, 1.82) is 0 Å². The SMILES string of the molecule is CCCNc1nc(N(C)CCSC)nc(N2CCCC2)n1. The van der Waals surface area contributed by atoms with Gasteiger partial charge in [0.15, 0.2) is 0 Å². The van der Waals surface area contributed by atoms with Gasteiger partial charge in [0.1, 0.15) is 0 Å². The summed E-state index contributed by atoms with van der Waals surface area (Å²) in [4.78, 5) is 18.1. The summed E-state index contributed by atoms with van der Waals surface area (Å²) in [7, 11) is 2.04. The maximum atomic E-state index is 4.66. The maximum absolute atomic E-state index is 4.66. The zero-order valence-corrected chi connectivity index (χ0v) is 14.1. The van der Waals surface area contributed by atoms with Crippen LogP contribution in [0, 0.1) is 0 Å². The number of nitrogens with one attached hydrogen (secondary N) is 1. The van der Waals surface area contributed by atoms with Gasteiger partial charge in [-0.25, -0.2) is 0 Å². The van der Waals surface area contributed by atoms with Crippen molar-refractivity contribution in [2.24, 2.45) is 0 Å². The van der Waals surface area contributed by atoms with Crippen molar-refractivity contribution < 1.29 is 0 Å². The molecule has 0 spiro atoms. The molecule has 21 heavy (non-hydrogen) atoms. The van der Waals surface area contributed by atoms with Crippen LogP contribution in [0.25, 0.3) is 0 Å². The fourth-order valence-corrected chi connectivity index (χ4v) is 2.68. The summed E-state index contributed by atoms with van der Waals surface area (Å²) in [6.45, 7) is 6.06. The van der Waals surface area contributed by atoms with Crippen LogP contribution in [0.15, 0.2) is 0 Å². The van der Waals surface area contributed by atoms with Crippen LogP contribution in [0.5, 0.6) is 0 Å². The van der Waals surface area contributed by atoms with E-state index in [0.29, 0.717) is 5.95 Å². The van der Waals surface area contributed by atoms with Crippen molar-refractivity contribution in [3.63, 3.8) is 0 Å². The van der Waals surface area contributed by atoms with E-state index in [1.807, 2.05) is 18.8 Å². The second-order valence-electron chi connectivity index (χ2n) is 5.29. The predicted octanol–water partition coefficient (Wildman–Crippen LogP) is 2.09. The Balaban J connectivity index is 2.18. The fourth-order valence-electron chi connectivity index (χ4n) is 2.23. The number of thioether (sulfide) groups is 1. The molecule has 2 heterocycles. The van der Waals surface area contributed by atoms with Crippen LogP contribution < -0.4 is 15.1 Å². The number of nitrogens with zero attached hydrogens (tertiary/aromatic N) is 5. The first-order chi connectivity index (χ1) is 10.2. The van der Waals surface area contributed by atoms with Crippen LogP contribution in [0.4, 0.5) is 17.8 Å². The van der Waals surface area contributed by atoms with Crippen LogP contribution in [-0.2, 0) is 0 Å². The minimum absolute atomic E-state index is 0.694. The van der Waals surface area contributed by atoms with Gasteiger partial charge in [0.25, 0.3) is 0 Å². The van der Waals surface area contributed by atoms with E-state index in [1.165, 1.54) is 12.8 Å². The van der Waals surface area contributed by atoms with E-state index in [4.69, 9.17) is 0 Å². The van der Waals surface area contributed by atoms with Crippen molar-refractivity contribution in [2.75, 3.05) is 60.4 Å². The van der Waals surface area contributed by atoms with Gasteiger partial charge in [-0.1, -0.05) is 6.92 Å². The first-order valence-corrected chi connectivity index (χ1v) is 9.09. The van der Waals surface area contributed by atoms with Crippen LogP contribution in [0.3, 0.4) is 0 Å². The number of aromatic nitrogens is 3. The first-order valence-electron chi connectivity index (χ1n) is 7.69. The molecule has 1 aromatic rings. The Morgan fingerprint density at radius 3 is 2.67 bits per heavy atom. The highest BCUT2D eigenvalue weighted by molar-refractivity contribution is 7.98. The van der Waals surface area contributed by atoms with Gasteiger partial charge in [-0.05, 0) is 25.5 Å². The number of anilines is 3. The molecule has 0 bridgehead atoms. The average Bonchev–Trinajstić information content (AvgIpc) is 3.04. The molecule has 0 amide bonds. The molecule has 1 aliphatic rings. The lowest BCUT2D eigenvalue weighted by molar-refractivity contribution is 0.837. The predicted molar refractivity (Wildman–Crippen MR) is 91.7 cm³/mol. The molecule has 1 aliphatic heterocycles. The van der Waals surface area contributed by atoms with Crippen LogP contribution in [0.1, 0.15) is 26.2 Å². The monoisotopic (exact) mass is 310 g/mol. The second kappa shape index (κ2) is 8.26. The van der Waals surface area contributed by atoms with Gasteiger partial charge >= 0.3 is 0 Å². The van der Waals surface area contributed by atoms with Crippen molar-refractivity contribution >= 4 is 29.6 Å². The summed E-state index contributed by atoms with van der Waals surface area (Å²) >= 11 is 1.83. The summed E-state index contributed by atoms with van der Waals surface area (Å²) in [5, 5.41) is 3.29. The van der Waals surface area contributed by atoms with E-state index < -0.39 is 0 Å². The van der Waals surface area contributed by atoms with E-state index in [1.54, 1.807) is 0 Å². The van der Waals surface area contributed by atoms with Crippen molar-refractivity contribution in [2.45, 2.75) is 26.2 Å². The zero-order valence-electron chi connectivity index (χ0n) is 13.3. The molecular weight excluding hydrogens is 284 g/mol. The molecule has 1 fully saturated rings. The third kappa shape index (κ3) is 4.62.